The van der Waals surface area contributed by atoms with E-state index in [1.54, 1.807) is 0 Å². The highest BCUT2D eigenvalue weighted by molar-refractivity contribution is 9.10. The number of rotatable bonds is 6. The molecule has 2 heterocycles. The van der Waals surface area contributed by atoms with Crippen LogP contribution in [0.2, 0.25) is 0 Å². The highest BCUT2D eigenvalue weighted by atomic mass is 79.9. The Morgan fingerprint density at radius 1 is 1.16 bits per heavy atom. The van der Waals surface area contributed by atoms with Crippen molar-refractivity contribution in [3.8, 4) is 0 Å². The van der Waals surface area contributed by atoms with Gasteiger partial charge in [0.15, 0.2) is 0 Å². The van der Waals surface area contributed by atoms with Crippen LogP contribution >= 0.6 is 15.9 Å². The zero-order valence-electron chi connectivity index (χ0n) is 10.8. The predicted molar refractivity (Wildman–Crippen MR) is 77.6 cm³/mol. The summed E-state index contributed by atoms with van der Waals surface area (Å²) in [4.78, 5) is 12.7. The zero-order chi connectivity index (χ0) is 13.7. The smallest absolute Gasteiger partial charge is 0.148 e. The number of halogens is 1. The Kier molecular flexibility index (Phi) is 5.35. The average molecular weight is 331 g/mol. The molecule has 106 valence electrons. The Balaban J connectivity index is 2.26. The minimum atomic E-state index is 0.0233. The van der Waals surface area contributed by atoms with Gasteiger partial charge in [0.05, 0.1) is 13.2 Å². The van der Waals surface area contributed by atoms with Gasteiger partial charge in [0.2, 0.25) is 0 Å². The molecule has 0 amide bonds. The maximum Gasteiger partial charge on any atom is 0.148 e. The molecule has 1 aromatic rings. The first kappa shape index (κ1) is 14.5. The molecule has 1 aliphatic heterocycles. The SMILES string of the molecule is OCCN(CCO)c1ncnc(N2CCCC2)c1Br. The fraction of sp³-hybridized carbons (Fsp3) is 0.667. The Morgan fingerprint density at radius 2 is 1.79 bits per heavy atom. The molecular formula is C12H19BrN4O2. The largest absolute Gasteiger partial charge is 0.395 e. The number of nitrogens with zero attached hydrogens (tertiary/aromatic N) is 4. The third-order valence-corrected chi connectivity index (χ3v) is 3.91. The second-order valence-corrected chi connectivity index (χ2v) is 5.26. The van der Waals surface area contributed by atoms with E-state index in [1.165, 1.54) is 19.2 Å². The van der Waals surface area contributed by atoms with Gasteiger partial charge in [0.25, 0.3) is 0 Å². The van der Waals surface area contributed by atoms with Crippen molar-refractivity contribution < 1.29 is 10.2 Å². The minimum Gasteiger partial charge on any atom is -0.395 e. The Bertz CT molecular complexity index is 407. The van der Waals surface area contributed by atoms with E-state index in [1.807, 2.05) is 4.90 Å². The second-order valence-electron chi connectivity index (χ2n) is 4.46. The maximum absolute atomic E-state index is 9.10. The lowest BCUT2D eigenvalue weighted by Crippen LogP contribution is -2.31. The van der Waals surface area contributed by atoms with Crippen LogP contribution < -0.4 is 9.80 Å². The molecule has 0 saturated carbocycles. The van der Waals surface area contributed by atoms with E-state index in [4.69, 9.17) is 10.2 Å². The predicted octanol–water partition coefficient (Wildman–Crippen LogP) is 0.630. The quantitative estimate of drug-likeness (QED) is 0.797. The van der Waals surface area contributed by atoms with Crippen molar-refractivity contribution in [1.29, 1.82) is 0 Å². The first-order valence-corrected chi connectivity index (χ1v) is 7.29. The van der Waals surface area contributed by atoms with Gasteiger partial charge in [-0.05, 0) is 28.8 Å². The highest BCUT2D eigenvalue weighted by Gasteiger charge is 2.21. The van der Waals surface area contributed by atoms with Gasteiger partial charge in [-0.25, -0.2) is 9.97 Å². The van der Waals surface area contributed by atoms with E-state index in [0.717, 1.165) is 29.2 Å². The van der Waals surface area contributed by atoms with Gasteiger partial charge in [-0.1, -0.05) is 0 Å². The van der Waals surface area contributed by atoms with Gasteiger partial charge >= 0.3 is 0 Å². The molecular weight excluding hydrogens is 312 g/mol. The molecule has 1 aromatic heterocycles. The van der Waals surface area contributed by atoms with Gasteiger partial charge in [-0.3, -0.25) is 0 Å². The van der Waals surface area contributed by atoms with Crippen LogP contribution in [0.4, 0.5) is 11.6 Å². The topological polar surface area (TPSA) is 72.7 Å². The van der Waals surface area contributed by atoms with Crippen LogP contribution in [0.25, 0.3) is 0 Å². The van der Waals surface area contributed by atoms with Crippen LogP contribution in [-0.4, -0.2) is 59.6 Å². The van der Waals surface area contributed by atoms with Gasteiger partial charge in [0, 0.05) is 26.2 Å². The van der Waals surface area contributed by atoms with Crippen molar-refractivity contribution in [1.82, 2.24) is 9.97 Å². The second kappa shape index (κ2) is 7.02. The van der Waals surface area contributed by atoms with E-state index in [9.17, 15) is 0 Å². The summed E-state index contributed by atoms with van der Waals surface area (Å²) in [5, 5.41) is 18.2. The van der Waals surface area contributed by atoms with Crippen molar-refractivity contribution in [3.05, 3.63) is 10.8 Å². The summed E-state index contributed by atoms with van der Waals surface area (Å²) < 4.78 is 0.832. The fourth-order valence-electron chi connectivity index (χ4n) is 2.29. The van der Waals surface area contributed by atoms with Crippen LogP contribution in [0.1, 0.15) is 12.8 Å². The number of aliphatic hydroxyl groups excluding tert-OH is 2. The van der Waals surface area contributed by atoms with E-state index >= 15 is 0 Å². The molecule has 0 aromatic carbocycles. The lowest BCUT2D eigenvalue weighted by atomic mass is 10.4. The summed E-state index contributed by atoms with van der Waals surface area (Å²) >= 11 is 3.56. The summed E-state index contributed by atoms with van der Waals surface area (Å²) in [5.74, 6) is 1.61. The molecule has 0 radical (unpaired) electrons. The first-order valence-electron chi connectivity index (χ1n) is 6.50. The van der Waals surface area contributed by atoms with Crippen molar-refractivity contribution in [2.45, 2.75) is 12.8 Å². The van der Waals surface area contributed by atoms with Gasteiger partial charge in [0.1, 0.15) is 22.4 Å². The number of anilines is 2. The van der Waals surface area contributed by atoms with Crippen LogP contribution in [-0.2, 0) is 0 Å². The molecule has 0 atom stereocenters. The fourth-order valence-corrected chi connectivity index (χ4v) is 2.99. The van der Waals surface area contributed by atoms with Crippen molar-refractivity contribution in [2.75, 3.05) is 49.2 Å². The van der Waals surface area contributed by atoms with Crippen LogP contribution in [0, 0.1) is 0 Å². The van der Waals surface area contributed by atoms with Crippen molar-refractivity contribution in [2.24, 2.45) is 0 Å². The zero-order valence-corrected chi connectivity index (χ0v) is 12.4. The number of aromatic nitrogens is 2. The molecule has 6 nitrogen and oxygen atoms in total. The molecule has 2 rings (SSSR count). The Hall–Kier alpha value is -0.920. The number of aliphatic hydroxyl groups is 2. The summed E-state index contributed by atoms with van der Waals surface area (Å²) in [7, 11) is 0. The average Bonchev–Trinajstić information content (AvgIpc) is 2.93. The normalized spacial score (nSPS) is 15.0. The third kappa shape index (κ3) is 3.34. The molecule has 7 heteroatoms. The molecule has 1 saturated heterocycles. The van der Waals surface area contributed by atoms with Crippen LogP contribution in [0.3, 0.4) is 0 Å². The minimum absolute atomic E-state index is 0.0233. The molecule has 0 spiro atoms. The molecule has 0 aliphatic carbocycles. The Morgan fingerprint density at radius 3 is 2.37 bits per heavy atom. The lowest BCUT2D eigenvalue weighted by molar-refractivity contribution is 0.280. The standard InChI is InChI=1S/C12H19BrN4O2/c13-10-11(16-3-1-2-4-16)14-9-15-12(10)17(5-7-18)6-8-19/h9,18-19H,1-8H2. The molecule has 1 aliphatic rings. The van der Waals surface area contributed by atoms with Gasteiger partial charge < -0.3 is 20.0 Å². The van der Waals surface area contributed by atoms with Gasteiger partial charge in [-0.2, -0.15) is 0 Å². The highest BCUT2D eigenvalue weighted by Crippen LogP contribution is 2.33. The van der Waals surface area contributed by atoms with Crippen LogP contribution in [0.15, 0.2) is 10.8 Å². The van der Waals surface area contributed by atoms with E-state index in [-0.39, 0.29) is 13.2 Å². The van der Waals surface area contributed by atoms with E-state index in [0.29, 0.717) is 13.1 Å². The number of hydrogen-bond donors (Lipinski definition) is 2. The maximum atomic E-state index is 9.10. The van der Waals surface area contributed by atoms with Crippen LogP contribution in [0.5, 0.6) is 0 Å². The van der Waals surface area contributed by atoms with E-state index < -0.39 is 0 Å². The third-order valence-electron chi connectivity index (χ3n) is 3.20. The van der Waals surface area contributed by atoms with Crippen molar-refractivity contribution >= 4 is 27.6 Å². The lowest BCUT2D eigenvalue weighted by Gasteiger charge is -2.25. The molecule has 2 N–H and O–H groups in total. The van der Waals surface area contributed by atoms with E-state index in [2.05, 4.69) is 30.8 Å². The first-order chi connectivity index (χ1) is 9.27. The summed E-state index contributed by atoms with van der Waals surface area (Å²) in [6.07, 6.45) is 3.90. The monoisotopic (exact) mass is 330 g/mol. The Labute approximate surface area is 121 Å². The summed E-state index contributed by atoms with van der Waals surface area (Å²) in [6.45, 7) is 2.94. The molecule has 0 unspecified atom stereocenters. The summed E-state index contributed by atoms with van der Waals surface area (Å²) in [5.41, 5.74) is 0. The van der Waals surface area contributed by atoms with Crippen molar-refractivity contribution in [3.63, 3.8) is 0 Å². The molecule has 1 fully saturated rings. The van der Waals surface area contributed by atoms with Gasteiger partial charge in [-0.15, -0.1) is 0 Å². The molecule has 19 heavy (non-hydrogen) atoms. The summed E-state index contributed by atoms with van der Waals surface area (Å²) in [6, 6.07) is 0. The molecule has 0 bridgehead atoms. The number of hydrogen-bond acceptors (Lipinski definition) is 6.